The maximum Gasteiger partial charge on any atom is 0.409 e. The van der Waals surface area contributed by atoms with E-state index >= 15 is 0 Å². The van der Waals surface area contributed by atoms with Crippen LogP contribution < -0.4 is 10.5 Å². The second kappa shape index (κ2) is 12.2. The summed E-state index contributed by atoms with van der Waals surface area (Å²) in [7, 11) is 0. The molecule has 1 aliphatic carbocycles. The topological polar surface area (TPSA) is 104 Å². The average molecular weight is 594 g/mol. The van der Waals surface area contributed by atoms with E-state index in [-0.39, 0.29) is 30.0 Å². The van der Waals surface area contributed by atoms with Crippen LogP contribution in [-0.2, 0) is 26.1 Å². The molecule has 1 aromatic heterocycles. The van der Waals surface area contributed by atoms with E-state index in [4.69, 9.17) is 19.9 Å². The second-order valence-corrected chi connectivity index (χ2v) is 11.7. The summed E-state index contributed by atoms with van der Waals surface area (Å²) >= 11 is 0. The monoisotopic (exact) mass is 593 g/mol. The van der Waals surface area contributed by atoms with E-state index in [1.54, 1.807) is 6.20 Å². The number of hydrogen-bond donors (Lipinski definition) is 1. The third-order valence-electron chi connectivity index (χ3n) is 9.20. The number of pyridine rings is 1. The van der Waals surface area contributed by atoms with Gasteiger partial charge in [0.15, 0.2) is 0 Å². The Morgan fingerprint density at radius 1 is 0.977 bits per heavy atom. The lowest BCUT2D eigenvalue weighted by molar-refractivity contribution is -0.142. The maximum atomic E-state index is 12.5. The number of nitrogen functional groups attached to an aromatic ring is 1. The Morgan fingerprint density at radius 3 is 2.52 bits per heavy atom. The number of aromatic nitrogens is 1. The average Bonchev–Trinajstić information content (AvgIpc) is 3.31. The molecule has 8 nitrogen and oxygen atoms in total. The van der Waals surface area contributed by atoms with E-state index in [0.29, 0.717) is 37.9 Å². The minimum Gasteiger partial charge on any atom is -0.485 e. The fourth-order valence-corrected chi connectivity index (χ4v) is 6.97. The number of benzene rings is 3. The van der Waals surface area contributed by atoms with Crippen molar-refractivity contribution in [2.75, 3.05) is 32.0 Å². The summed E-state index contributed by atoms with van der Waals surface area (Å²) in [4.78, 5) is 31.1. The normalized spacial score (nSPS) is 17.0. The van der Waals surface area contributed by atoms with Crippen molar-refractivity contribution in [1.82, 2.24) is 9.88 Å². The molecular formula is C36H39N3O5. The number of fused-ring (bicyclic) bond motifs is 3. The first-order valence-corrected chi connectivity index (χ1v) is 15.4. The molecule has 2 aliphatic rings. The molecule has 228 valence electrons. The number of ether oxygens (including phenoxy) is 3. The molecule has 1 saturated heterocycles. The fraction of sp³-hybridized carbons (Fsp3) is 0.361. The molecule has 1 unspecified atom stereocenters. The number of carbonyl (C=O) groups is 2. The van der Waals surface area contributed by atoms with Crippen LogP contribution in [0.25, 0.3) is 21.9 Å². The van der Waals surface area contributed by atoms with Crippen LogP contribution >= 0.6 is 0 Å². The first-order chi connectivity index (χ1) is 21.3. The summed E-state index contributed by atoms with van der Waals surface area (Å²) in [6.45, 7) is 7.59. The van der Waals surface area contributed by atoms with Gasteiger partial charge in [-0.25, -0.2) is 9.78 Å². The second-order valence-electron chi connectivity index (χ2n) is 11.7. The van der Waals surface area contributed by atoms with Crippen molar-refractivity contribution in [3.8, 4) is 16.9 Å². The first-order valence-electron chi connectivity index (χ1n) is 15.4. The number of nitrogens with two attached hydrogens (primary N) is 1. The standard InChI is InChI=1S/C36H39N3O5/c1-4-42-33(40)21-28-23(3)8-6-11-31(28)44-32-22-36(15-18-39(19-16-36)35(41)43-5-2)30-13-12-24(20-29(30)32)25-9-7-10-27-26(25)14-17-38-34(27)37/h6-14,17,20,32H,4-5,15-16,18-19,21-22H2,1-3H3,(H2,37,38). The highest BCUT2D eigenvalue weighted by molar-refractivity contribution is 6.01. The molecule has 1 fully saturated rings. The van der Waals surface area contributed by atoms with Gasteiger partial charge in [0.05, 0.1) is 19.6 Å². The van der Waals surface area contributed by atoms with Crippen LogP contribution in [0.2, 0.25) is 0 Å². The summed E-state index contributed by atoms with van der Waals surface area (Å²) < 4.78 is 17.5. The molecule has 1 aliphatic heterocycles. The highest BCUT2D eigenvalue weighted by atomic mass is 16.6. The van der Waals surface area contributed by atoms with Crippen LogP contribution in [0.15, 0.2) is 66.9 Å². The lowest BCUT2D eigenvalue weighted by atomic mass is 9.73. The smallest absolute Gasteiger partial charge is 0.409 e. The number of hydrogen-bond acceptors (Lipinski definition) is 7. The number of anilines is 1. The van der Waals surface area contributed by atoms with Crippen LogP contribution in [0.5, 0.6) is 5.75 Å². The molecule has 1 spiro atoms. The number of amides is 1. The third-order valence-corrected chi connectivity index (χ3v) is 9.20. The third kappa shape index (κ3) is 5.45. The van der Waals surface area contributed by atoms with Gasteiger partial charge in [-0.1, -0.05) is 42.5 Å². The van der Waals surface area contributed by atoms with Crippen molar-refractivity contribution in [1.29, 1.82) is 0 Å². The van der Waals surface area contributed by atoms with Crippen LogP contribution in [0.1, 0.15) is 61.5 Å². The molecule has 8 heteroatoms. The van der Waals surface area contributed by atoms with Crippen LogP contribution in [-0.4, -0.2) is 48.2 Å². The molecule has 1 atom stereocenters. The molecule has 6 rings (SSSR count). The van der Waals surface area contributed by atoms with Gasteiger partial charge in [-0.3, -0.25) is 4.79 Å². The number of rotatable bonds is 7. The molecule has 44 heavy (non-hydrogen) atoms. The van der Waals surface area contributed by atoms with Crippen molar-refractivity contribution in [2.45, 2.75) is 58.0 Å². The number of aryl methyl sites for hydroxylation is 1. The van der Waals surface area contributed by atoms with Gasteiger partial charge in [0.25, 0.3) is 0 Å². The zero-order chi connectivity index (χ0) is 30.8. The summed E-state index contributed by atoms with van der Waals surface area (Å²) in [5, 5.41) is 1.97. The molecule has 0 bridgehead atoms. The van der Waals surface area contributed by atoms with E-state index in [2.05, 4.69) is 29.2 Å². The Morgan fingerprint density at radius 2 is 1.75 bits per heavy atom. The predicted octanol–water partition coefficient (Wildman–Crippen LogP) is 6.91. The van der Waals surface area contributed by atoms with E-state index in [1.807, 2.05) is 62.1 Å². The number of esters is 1. The minimum absolute atomic E-state index is 0.139. The van der Waals surface area contributed by atoms with Gasteiger partial charge in [0.2, 0.25) is 0 Å². The molecule has 1 amide bonds. The van der Waals surface area contributed by atoms with Crippen molar-refractivity contribution >= 4 is 28.7 Å². The summed E-state index contributed by atoms with van der Waals surface area (Å²) in [6, 6.07) is 20.7. The largest absolute Gasteiger partial charge is 0.485 e. The lowest BCUT2D eigenvalue weighted by Crippen LogP contribution is -2.44. The van der Waals surface area contributed by atoms with E-state index < -0.39 is 0 Å². The van der Waals surface area contributed by atoms with Crippen molar-refractivity contribution < 1.29 is 23.8 Å². The quantitative estimate of drug-likeness (QED) is 0.232. The Bertz CT molecular complexity index is 1710. The lowest BCUT2D eigenvalue weighted by Gasteiger charge is -2.39. The van der Waals surface area contributed by atoms with Gasteiger partial charge in [0, 0.05) is 35.7 Å². The van der Waals surface area contributed by atoms with Crippen LogP contribution in [0, 0.1) is 6.92 Å². The molecular weight excluding hydrogens is 554 g/mol. The van der Waals surface area contributed by atoms with Gasteiger partial charge in [-0.15, -0.1) is 0 Å². The van der Waals surface area contributed by atoms with Gasteiger partial charge < -0.3 is 24.8 Å². The fourth-order valence-electron chi connectivity index (χ4n) is 6.97. The zero-order valence-corrected chi connectivity index (χ0v) is 25.6. The Hall–Kier alpha value is -4.59. The number of carbonyl (C=O) groups excluding carboxylic acids is 2. The maximum absolute atomic E-state index is 12.5. The summed E-state index contributed by atoms with van der Waals surface area (Å²) in [6.07, 6.45) is 3.83. The van der Waals surface area contributed by atoms with Gasteiger partial charge in [-0.2, -0.15) is 0 Å². The first kappa shape index (κ1) is 29.5. The van der Waals surface area contributed by atoms with Crippen molar-refractivity contribution in [2.24, 2.45) is 0 Å². The Kier molecular flexibility index (Phi) is 8.17. The van der Waals surface area contributed by atoms with Gasteiger partial charge in [0.1, 0.15) is 17.7 Å². The highest BCUT2D eigenvalue weighted by Crippen LogP contribution is 2.53. The molecule has 4 aromatic rings. The van der Waals surface area contributed by atoms with Crippen molar-refractivity contribution in [3.05, 3.63) is 89.1 Å². The Balaban J connectivity index is 1.40. The van der Waals surface area contributed by atoms with Crippen LogP contribution in [0.4, 0.5) is 10.6 Å². The van der Waals surface area contributed by atoms with E-state index in [1.165, 1.54) is 5.56 Å². The molecule has 0 radical (unpaired) electrons. The molecule has 2 N–H and O–H groups in total. The number of likely N-dealkylation sites (tertiary alicyclic amines) is 1. The minimum atomic E-state index is -0.270. The zero-order valence-electron chi connectivity index (χ0n) is 25.6. The summed E-state index contributed by atoms with van der Waals surface area (Å²) in [5.74, 6) is 0.935. The Labute approximate surface area is 258 Å². The number of piperidine rings is 1. The highest BCUT2D eigenvalue weighted by Gasteiger charge is 2.47. The van der Waals surface area contributed by atoms with E-state index in [0.717, 1.165) is 57.9 Å². The molecule has 3 aromatic carbocycles. The van der Waals surface area contributed by atoms with Gasteiger partial charge in [-0.05, 0) is 91.4 Å². The van der Waals surface area contributed by atoms with Gasteiger partial charge >= 0.3 is 12.1 Å². The van der Waals surface area contributed by atoms with Crippen molar-refractivity contribution in [3.63, 3.8) is 0 Å². The molecule has 0 saturated carbocycles. The summed E-state index contributed by atoms with van der Waals surface area (Å²) in [5.41, 5.74) is 12.5. The SMILES string of the molecule is CCOC(=O)Cc1c(C)cccc1OC1CC2(CCN(C(=O)OCC)CC2)c2ccc(-c3cccc4c(N)nccc34)cc21. The number of nitrogens with zero attached hydrogens (tertiary/aromatic N) is 2. The molecule has 2 heterocycles. The predicted molar refractivity (Wildman–Crippen MR) is 171 cm³/mol. The van der Waals surface area contributed by atoms with Crippen LogP contribution in [0.3, 0.4) is 0 Å². The van der Waals surface area contributed by atoms with E-state index in [9.17, 15) is 9.59 Å².